The zero-order valence-corrected chi connectivity index (χ0v) is 21.2. The van der Waals surface area contributed by atoms with E-state index in [4.69, 9.17) is 26.4 Å². The quantitative estimate of drug-likeness (QED) is 0.270. The molecule has 1 heterocycles. The molecule has 8 heteroatoms. The minimum Gasteiger partial charge on any atom is -0.494 e. The number of nitrogens with zero attached hydrogens (tertiary/aromatic N) is 2. The zero-order chi connectivity index (χ0) is 25.7. The standard InChI is InChI=1S/C28H27FN2O4S/c1-4-33-23-13-11-22(12-14-23)31-27(32)24(30(3)28(31)36)16-20-8-15-25(26(17-20)34-5-2)35-18-19-6-9-21(29)10-7-19/h6-17H,4-5,18H2,1-3H3/b24-16-. The number of amides is 1. The second kappa shape index (κ2) is 11.2. The lowest BCUT2D eigenvalue weighted by Crippen LogP contribution is -2.31. The maximum Gasteiger partial charge on any atom is 0.281 e. The average molecular weight is 507 g/mol. The van der Waals surface area contributed by atoms with Crippen LogP contribution in [0.5, 0.6) is 17.2 Å². The van der Waals surface area contributed by atoms with Crippen molar-refractivity contribution < 1.29 is 23.4 Å². The van der Waals surface area contributed by atoms with Crippen LogP contribution in [0.1, 0.15) is 25.0 Å². The Morgan fingerprint density at radius 3 is 2.25 bits per heavy atom. The Morgan fingerprint density at radius 2 is 1.58 bits per heavy atom. The molecule has 186 valence electrons. The summed E-state index contributed by atoms with van der Waals surface area (Å²) in [7, 11) is 1.77. The van der Waals surface area contributed by atoms with Crippen molar-refractivity contribution in [3.63, 3.8) is 0 Å². The fourth-order valence-electron chi connectivity index (χ4n) is 3.74. The molecule has 36 heavy (non-hydrogen) atoms. The van der Waals surface area contributed by atoms with Crippen LogP contribution in [-0.4, -0.2) is 36.2 Å². The van der Waals surface area contributed by atoms with Gasteiger partial charge in [0.1, 0.15) is 23.9 Å². The summed E-state index contributed by atoms with van der Waals surface area (Å²) in [4.78, 5) is 16.5. The molecule has 4 rings (SSSR count). The Morgan fingerprint density at radius 1 is 0.889 bits per heavy atom. The van der Waals surface area contributed by atoms with Crippen LogP contribution in [-0.2, 0) is 11.4 Å². The van der Waals surface area contributed by atoms with Gasteiger partial charge in [-0.25, -0.2) is 4.39 Å². The molecule has 0 aromatic heterocycles. The van der Waals surface area contributed by atoms with Gasteiger partial charge in [0.05, 0.1) is 18.9 Å². The lowest BCUT2D eigenvalue weighted by molar-refractivity contribution is -0.114. The van der Waals surface area contributed by atoms with E-state index in [9.17, 15) is 9.18 Å². The van der Waals surface area contributed by atoms with E-state index in [0.717, 1.165) is 16.9 Å². The van der Waals surface area contributed by atoms with E-state index >= 15 is 0 Å². The summed E-state index contributed by atoms with van der Waals surface area (Å²) in [5, 5.41) is 0.389. The topological polar surface area (TPSA) is 51.2 Å². The fraction of sp³-hybridized carbons (Fsp3) is 0.214. The number of halogens is 1. The molecular formula is C28H27FN2O4S. The van der Waals surface area contributed by atoms with E-state index in [2.05, 4.69) is 0 Å². The van der Waals surface area contributed by atoms with Gasteiger partial charge in [-0.1, -0.05) is 18.2 Å². The van der Waals surface area contributed by atoms with E-state index < -0.39 is 0 Å². The largest absolute Gasteiger partial charge is 0.494 e. The van der Waals surface area contributed by atoms with Crippen LogP contribution >= 0.6 is 12.2 Å². The number of anilines is 1. The van der Waals surface area contributed by atoms with Crippen molar-refractivity contribution in [2.75, 3.05) is 25.2 Å². The summed E-state index contributed by atoms with van der Waals surface area (Å²) in [6.07, 6.45) is 1.77. The summed E-state index contributed by atoms with van der Waals surface area (Å²) in [5.74, 6) is 1.32. The first-order chi connectivity index (χ1) is 17.4. The van der Waals surface area contributed by atoms with Crippen LogP contribution in [0, 0.1) is 5.82 Å². The van der Waals surface area contributed by atoms with Gasteiger partial charge in [-0.05, 0) is 91.8 Å². The van der Waals surface area contributed by atoms with Crippen molar-refractivity contribution in [3.8, 4) is 17.2 Å². The monoisotopic (exact) mass is 506 g/mol. The molecule has 0 spiro atoms. The second-order valence-electron chi connectivity index (χ2n) is 7.99. The lowest BCUT2D eigenvalue weighted by atomic mass is 10.1. The third-order valence-corrected chi connectivity index (χ3v) is 6.00. The van der Waals surface area contributed by atoms with Crippen LogP contribution < -0.4 is 19.1 Å². The van der Waals surface area contributed by atoms with Gasteiger partial charge in [-0.3, -0.25) is 9.69 Å². The molecule has 0 radical (unpaired) electrons. The number of thiocarbonyl (C=S) groups is 1. The average Bonchev–Trinajstić information content (AvgIpc) is 3.08. The Hall–Kier alpha value is -3.91. The van der Waals surface area contributed by atoms with Crippen LogP contribution in [0.2, 0.25) is 0 Å². The van der Waals surface area contributed by atoms with E-state index in [1.165, 1.54) is 17.0 Å². The number of hydrogen-bond acceptors (Lipinski definition) is 5. The molecule has 3 aromatic rings. The molecule has 6 nitrogen and oxygen atoms in total. The number of carbonyl (C=O) groups is 1. The minimum absolute atomic E-state index is 0.221. The predicted molar refractivity (Wildman–Crippen MR) is 142 cm³/mol. The van der Waals surface area contributed by atoms with Crippen LogP contribution in [0.3, 0.4) is 0 Å². The van der Waals surface area contributed by atoms with Gasteiger partial charge in [0.15, 0.2) is 16.6 Å². The maximum absolute atomic E-state index is 13.3. The number of ether oxygens (including phenoxy) is 3. The molecule has 0 saturated carbocycles. The molecule has 1 fully saturated rings. The van der Waals surface area contributed by atoms with Gasteiger partial charge in [0.25, 0.3) is 5.91 Å². The van der Waals surface area contributed by atoms with Gasteiger partial charge in [-0.15, -0.1) is 0 Å². The van der Waals surface area contributed by atoms with Crippen molar-refractivity contribution in [2.45, 2.75) is 20.5 Å². The smallest absolute Gasteiger partial charge is 0.281 e. The molecule has 1 aliphatic rings. The first-order valence-electron chi connectivity index (χ1n) is 11.6. The summed E-state index contributed by atoms with van der Waals surface area (Å²) >= 11 is 5.57. The first-order valence-corrected chi connectivity index (χ1v) is 12.0. The Labute approximate surface area is 215 Å². The normalized spacial score (nSPS) is 14.5. The third kappa shape index (κ3) is 5.49. The highest BCUT2D eigenvalue weighted by Crippen LogP contribution is 2.33. The van der Waals surface area contributed by atoms with Gasteiger partial charge in [-0.2, -0.15) is 0 Å². The highest BCUT2D eigenvalue weighted by atomic mass is 32.1. The summed E-state index contributed by atoms with van der Waals surface area (Å²) < 4.78 is 30.4. The molecule has 1 aliphatic heterocycles. The van der Waals surface area contributed by atoms with Crippen LogP contribution in [0.4, 0.5) is 10.1 Å². The van der Waals surface area contributed by atoms with Crippen LogP contribution in [0.15, 0.2) is 72.4 Å². The molecule has 0 N–H and O–H groups in total. The van der Waals surface area contributed by atoms with E-state index in [1.807, 2.05) is 50.2 Å². The molecule has 3 aromatic carbocycles. The van der Waals surface area contributed by atoms with Crippen molar-refractivity contribution in [2.24, 2.45) is 0 Å². The van der Waals surface area contributed by atoms with Gasteiger partial charge in [0.2, 0.25) is 0 Å². The van der Waals surface area contributed by atoms with Crippen molar-refractivity contribution in [3.05, 3.63) is 89.4 Å². The van der Waals surface area contributed by atoms with Gasteiger partial charge < -0.3 is 19.1 Å². The molecular weight excluding hydrogens is 479 g/mol. The van der Waals surface area contributed by atoms with Crippen molar-refractivity contribution in [1.82, 2.24) is 4.90 Å². The second-order valence-corrected chi connectivity index (χ2v) is 8.36. The zero-order valence-electron chi connectivity index (χ0n) is 20.4. The maximum atomic E-state index is 13.3. The van der Waals surface area contributed by atoms with Crippen molar-refractivity contribution >= 4 is 35.0 Å². The Balaban J connectivity index is 1.56. The summed E-state index contributed by atoms with van der Waals surface area (Å²) in [6.45, 7) is 5.08. The fourth-order valence-corrected chi connectivity index (χ4v) is 4.03. The molecule has 1 amide bonds. The Bertz CT molecular complexity index is 1280. The van der Waals surface area contributed by atoms with E-state index in [-0.39, 0.29) is 18.3 Å². The third-order valence-electron chi connectivity index (χ3n) is 5.55. The number of rotatable bonds is 9. The first kappa shape index (κ1) is 25.2. The lowest BCUT2D eigenvalue weighted by Gasteiger charge is -2.16. The number of likely N-dealkylation sites (N-methyl/N-ethyl adjacent to an activating group) is 1. The molecule has 0 bridgehead atoms. The van der Waals surface area contributed by atoms with E-state index in [1.54, 1.807) is 36.2 Å². The van der Waals surface area contributed by atoms with Crippen molar-refractivity contribution in [1.29, 1.82) is 0 Å². The predicted octanol–water partition coefficient (Wildman–Crippen LogP) is 5.81. The number of benzene rings is 3. The minimum atomic E-state index is -0.293. The highest BCUT2D eigenvalue weighted by molar-refractivity contribution is 7.80. The SMILES string of the molecule is CCOc1ccc(N2C(=O)/C(=C/c3ccc(OCc4ccc(F)cc4)c(OCC)c3)N(C)C2=S)cc1. The van der Waals surface area contributed by atoms with Gasteiger partial charge >= 0.3 is 0 Å². The molecule has 0 unspecified atom stereocenters. The summed E-state index contributed by atoms with van der Waals surface area (Å²) in [5.41, 5.74) is 2.71. The number of hydrogen-bond donors (Lipinski definition) is 0. The molecule has 1 saturated heterocycles. The summed E-state index contributed by atoms with van der Waals surface area (Å²) in [6, 6.07) is 18.9. The van der Waals surface area contributed by atoms with E-state index in [0.29, 0.717) is 41.2 Å². The molecule has 0 atom stereocenters. The van der Waals surface area contributed by atoms with Crippen LogP contribution in [0.25, 0.3) is 6.08 Å². The Kier molecular flexibility index (Phi) is 7.85. The molecule has 0 aliphatic carbocycles. The highest BCUT2D eigenvalue weighted by Gasteiger charge is 2.36. The number of carbonyl (C=O) groups excluding carboxylic acids is 1. The van der Waals surface area contributed by atoms with Gasteiger partial charge in [0, 0.05) is 7.05 Å².